The van der Waals surface area contributed by atoms with Gasteiger partial charge in [0.2, 0.25) is 5.91 Å². The predicted octanol–water partition coefficient (Wildman–Crippen LogP) is 4.79. The van der Waals surface area contributed by atoms with Crippen LogP contribution in [0, 0.1) is 0 Å². The molecular formula is C27H29N5O2. The van der Waals surface area contributed by atoms with Crippen LogP contribution >= 0.6 is 0 Å². The van der Waals surface area contributed by atoms with Crippen LogP contribution in [0.1, 0.15) is 54.3 Å². The Kier molecular flexibility index (Phi) is 7.65. The average molecular weight is 456 g/mol. The SMILES string of the molecule is CNC(=O)CCCCC[C@H](NC(=O)c1cccnc1)c1ncc(-c2ccc3ccccc3c2)[nH]1. The number of H-pyrrole nitrogens is 1. The van der Waals surface area contributed by atoms with Gasteiger partial charge in [-0.25, -0.2) is 4.98 Å². The number of aromatic amines is 1. The highest BCUT2D eigenvalue weighted by Crippen LogP contribution is 2.26. The lowest BCUT2D eigenvalue weighted by Gasteiger charge is -2.17. The third-order valence-electron chi connectivity index (χ3n) is 5.89. The number of rotatable bonds is 10. The fourth-order valence-corrected chi connectivity index (χ4v) is 3.97. The standard InChI is InChI=1S/C27H29N5O2/c1-28-25(33)12-4-2-3-11-23(32-27(34)22-10-7-15-29-17-22)26-30-18-24(31-26)21-14-13-19-8-5-6-9-20(19)16-21/h5-10,13-18,23H,2-4,11-12H2,1H3,(H,28,33)(H,30,31)(H,32,34)/t23-/m0/s1. The van der Waals surface area contributed by atoms with Crippen molar-refractivity contribution < 1.29 is 9.59 Å². The first-order valence-electron chi connectivity index (χ1n) is 11.6. The number of imidazole rings is 1. The Hall–Kier alpha value is -4.00. The molecule has 2 heterocycles. The molecule has 3 N–H and O–H groups in total. The smallest absolute Gasteiger partial charge is 0.253 e. The molecule has 2 aromatic carbocycles. The fourth-order valence-electron chi connectivity index (χ4n) is 3.97. The molecule has 174 valence electrons. The van der Waals surface area contributed by atoms with Crippen LogP contribution < -0.4 is 10.6 Å². The summed E-state index contributed by atoms with van der Waals surface area (Å²) in [5.74, 6) is 0.575. The molecule has 1 atom stereocenters. The Morgan fingerprint density at radius 3 is 2.62 bits per heavy atom. The van der Waals surface area contributed by atoms with Crippen LogP contribution in [0.25, 0.3) is 22.0 Å². The molecule has 0 saturated heterocycles. The molecular weight excluding hydrogens is 426 g/mol. The summed E-state index contributed by atoms with van der Waals surface area (Å²) in [6.45, 7) is 0. The quantitative estimate of drug-likeness (QED) is 0.299. The van der Waals surface area contributed by atoms with E-state index < -0.39 is 0 Å². The van der Waals surface area contributed by atoms with E-state index in [-0.39, 0.29) is 17.9 Å². The lowest BCUT2D eigenvalue weighted by molar-refractivity contribution is -0.120. The van der Waals surface area contributed by atoms with Crippen LogP contribution in [0.4, 0.5) is 0 Å². The number of benzene rings is 2. The number of fused-ring (bicyclic) bond motifs is 1. The summed E-state index contributed by atoms with van der Waals surface area (Å²) >= 11 is 0. The molecule has 7 nitrogen and oxygen atoms in total. The zero-order valence-corrected chi connectivity index (χ0v) is 19.3. The molecule has 0 aliphatic rings. The number of nitrogens with one attached hydrogen (secondary N) is 3. The van der Waals surface area contributed by atoms with Gasteiger partial charge in [-0.15, -0.1) is 0 Å². The Morgan fingerprint density at radius 1 is 0.971 bits per heavy atom. The molecule has 0 unspecified atom stereocenters. The highest BCUT2D eigenvalue weighted by molar-refractivity contribution is 5.94. The van der Waals surface area contributed by atoms with Gasteiger partial charge in [-0.05, 0) is 41.8 Å². The first-order chi connectivity index (χ1) is 16.6. The number of carbonyl (C=O) groups excluding carboxylic acids is 2. The molecule has 0 spiro atoms. The molecule has 2 aromatic heterocycles. The van der Waals surface area contributed by atoms with Crippen molar-refractivity contribution in [3.63, 3.8) is 0 Å². The van der Waals surface area contributed by atoms with Crippen molar-refractivity contribution in [2.45, 2.75) is 38.1 Å². The molecule has 0 aliphatic heterocycles. The first-order valence-corrected chi connectivity index (χ1v) is 11.6. The number of amides is 2. The van der Waals surface area contributed by atoms with Gasteiger partial charge in [0.15, 0.2) is 0 Å². The summed E-state index contributed by atoms with van der Waals surface area (Å²) in [5.41, 5.74) is 2.45. The Bertz CT molecular complexity index is 1250. The molecule has 0 aliphatic carbocycles. The van der Waals surface area contributed by atoms with Crippen molar-refractivity contribution in [2.75, 3.05) is 7.05 Å². The second-order valence-corrected chi connectivity index (χ2v) is 8.28. The Labute approximate surface area is 199 Å². The van der Waals surface area contributed by atoms with Crippen LogP contribution in [0.3, 0.4) is 0 Å². The normalized spacial score (nSPS) is 11.8. The number of hydrogen-bond donors (Lipinski definition) is 3. The zero-order valence-electron chi connectivity index (χ0n) is 19.3. The summed E-state index contributed by atoms with van der Waals surface area (Å²) in [6.07, 6.45) is 8.80. The number of pyridine rings is 1. The summed E-state index contributed by atoms with van der Waals surface area (Å²) in [5, 5.41) is 8.10. The van der Waals surface area contributed by atoms with Crippen molar-refractivity contribution in [3.8, 4) is 11.3 Å². The minimum atomic E-state index is -0.276. The van der Waals surface area contributed by atoms with Gasteiger partial charge >= 0.3 is 0 Å². The lowest BCUT2D eigenvalue weighted by atomic mass is 10.1. The van der Waals surface area contributed by atoms with Gasteiger partial charge < -0.3 is 15.6 Å². The van der Waals surface area contributed by atoms with Crippen molar-refractivity contribution in [1.82, 2.24) is 25.6 Å². The van der Waals surface area contributed by atoms with E-state index in [0.717, 1.165) is 35.9 Å². The third-order valence-corrected chi connectivity index (χ3v) is 5.89. The van der Waals surface area contributed by atoms with Crippen LogP contribution in [0.5, 0.6) is 0 Å². The monoisotopic (exact) mass is 455 g/mol. The van der Waals surface area contributed by atoms with E-state index in [4.69, 9.17) is 0 Å². The number of aromatic nitrogens is 3. The summed E-state index contributed by atoms with van der Waals surface area (Å²) in [7, 11) is 1.65. The number of carbonyl (C=O) groups is 2. The third kappa shape index (κ3) is 5.86. The maximum Gasteiger partial charge on any atom is 0.253 e. The molecule has 34 heavy (non-hydrogen) atoms. The average Bonchev–Trinajstić information content (AvgIpc) is 3.38. The van der Waals surface area contributed by atoms with Gasteiger partial charge in [-0.2, -0.15) is 0 Å². The van der Waals surface area contributed by atoms with E-state index in [1.807, 2.05) is 18.3 Å². The predicted molar refractivity (Wildman–Crippen MR) is 133 cm³/mol. The van der Waals surface area contributed by atoms with Gasteiger partial charge in [0, 0.05) is 31.4 Å². The van der Waals surface area contributed by atoms with Gasteiger partial charge in [0.05, 0.1) is 23.5 Å². The van der Waals surface area contributed by atoms with Crippen molar-refractivity contribution in [2.24, 2.45) is 0 Å². The minimum Gasteiger partial charge on any atom is -0.359 e. The van der Waals surface area contributed by atoms with Gasteiger partial charge in [0.1, 0.15) is 5.82 Å². The van der Waals surface area contributed by atoms with E-state index in [9.17, 15) is 9.59 Å². The van der Waals surface area contributed by atoms with E-state index in [0.29, 0.717) is 24.2 Å². The van der Waals surface area contributed by atoms with Crippen LogP contribution in [0.2, 0.25) is 0 Å². The van der Waals surface area contributed by atoms with E-state index in [1.165, 1.54) is 5.39 Å². The number of unbranched alkanes of at least 4 members (excludes halogenated alkanes) is 2. The maximum absolute atomic E-state index is 12.8. The second-order valence-electron chi connectivity index (χ2n) is 8.28. The first kappa shape index (κ1) is 23.2. The Balaban J connectivity index is 1.49. The molecule has 0 bridgehead atoms. The molecule has 4 rings (SSSR count). The summed E-state index contributed by atoms with van der Waals surface area (Å²) in [6, 6.07) is 17.7. The highest BCUT2D eigenvalue weighted by Gasteiger charge is 2.19. The molecule has 7 heteroatoms. The van der Waals surface area contributed by atoms with Crippen molar-refractivity contribution >= 4 is 22.6 Å². The minimum absolute atomic E-state index is 0.0486. The number of nitrogens with zero attached hydrogens (tertiary/aromatic N) is 2. The number of hydrogen-bond acceptors (Lipinski definition) is 4. The van der Waals surface area contributed by atoms with Gasteiger partial charge in [-0.3, -0.25) is 14.6 Å². The fraction of sp³-hybridized carbons (Fsp3) is 0.259. The summed E-state index contributed by atoms with van der Waals surface area (Å²) < 4.78 is 0. The van der Waals surface area contributed by atoms with E-state index >= 15 is 0 Å². The zero-order chi connectivity index (χ0) is 23.8. The highest BCUT2D eigenvalue weighted by atomic mass is 16.2. The lowest BCUT2D eigenvalue weighted by Crippen LogP contribution is -2.29. The maximum atomic E-state index is 12.8. The van der Waals surface area contributed by atoms with Gasteiger partial charge in [0.25, 0.3) is 5.91 Å². The molecule has 0 fully saturated rings. The second kappa shape index (κ2) is 11.2. The topological polar surface area (TPSA) is 99.8 Å². The molecule has 2 amide bonds. The van der Waals surface area contributed by atoms with E-state index in [1.54, 1.807) is 31.6 Å². The largest absolute Gasteiger partial charge is 0.359 e. The van der Waals surface area contributed by atoms with E-state index in [2.05, 4.69) is 55.9 Å². The molecule has 0 radical (unpaired) electrons. The van der Waals surface area contributed by atoms with Crippen molar-refractivity contribution in [1.29, 1.82) is 0 Å². The van der Waals surface area contributed by atoms with Crippen molar-refractivity contribution in [3.05, 3.63) is 84.6 Å². The Morgan fingerprint density at radius 2 is 1.82 bits per heavy atom. The summed E-state index contributed by atoms with van der Waals surface area (Å²) in [4.78, 5) is 36.4. The van der Waals surface area contributed by atoms with Crippen LogP contribution in [-0.4, -0.2) is 33.8 Å². The van der Waals surface area contributed by atoms with Gasteiger partial charge in [-0.1, -0.05) is 49.2 Å². The van der Waals surface area contributed by atoms with Crippen LogP contribution in [0.15, 0.2) is 73.2 Å². The molecule has 4 aromatic rings. The molecule has 0 saturated carbocycles. The van der Waals surface area contributed by atoms with Crippen LogP contribution in [-0.2, 0) is 4.79 Å².